The van der Waals surface area contributed by atoms with Gasteiger partial charge < -0.3 is 10.4 Å². The third kappa shape index (κ3) is 4.84. The Kier molecular flexibility index (Phi) is 5.82. The van der Waals surface area contributed by atoms with Crippen molar-refractivity contribution in [2.45, 2.75) is 42.9 Å². The number of carboxylic acids is 1. The molecule has 1 aromatic carbocycles. The lowest BCUT2D eigenvalue weighted by molar-refractivity contribution is -0.144. The molecule has 2 N–H and O–H groups in total. The number of benzene rings is 1. The predicted octanol–water partition coefficient (Wildman–Crippen LogP) is 3.15. The number of hydrogen-bond acceptors (Lipinski definition) is 3. The molecular weight excluding hydrogens is 265 g/mol. The van der Waals surface area contributed by atoms with Crippen LogP contribution < -0.4 is 5.32 Å². The molecule has 0 heterocycles. The van der Waals surface area contributed by atoms with E-state index >= 15 is 0 Å². The van der Waals surface area contributed by atoms with Gasteiger partial charge in [-0.15, -0.1) is 11.8 Å². The smallest absolute Gasteiger partial charge is 0.323 e. The summed E-state index contributed by atoms with van der Waals surface area (Å²) in [4.78, 5) is 12.1. The van der Waals surface area contributed by atoms with Gasteiger partial charge in [-0.25, -0.2) is 4.39 Å². The fraction of sp³-hybridized carbons (Fsp3) is 0.500. The summed E-state index contributed by atoms with van der Waals surface area (Å²) < 4.78 is 13.1. The normalized spacial score (nSPS) is 15.8. The summed E-state index contributed by atoms with van der Waals surface area (Å²) in [5.74, 6) is -1.13. The minimum Gasteiger partial charge on any atom is -0.480 e. The van der Waals surface area contributed by atoms with Crippen molar-refractivity contribution < 1.29 is 14.3 Å². The molecule has 0 aromatic heterocycles. The molecule has 19 heavy (non-hydrogen) atoms. The molecule has 0 aliphatic heterocycles. The number of carboxylic acid groups (broad SMARTS) is 1. The van der Waals surface area contributed by atoms with E-state index in [1.165, 1.54) is 23.9 Å². The van der Waals surface area contributed by atoms with E-state index in [0.717, 1.165) is 4.90 Å². The summed E-state index contributed by atoms with van der Waals surface area (Å²) in [5.41, 5.74) is -0.950. The Hall–Kier alpha value is -1.07. The summed E-state index contributed by atoms with van der Waals surface area (Å²) in [6.07, 6.45) is 0.470. The minimum atomic E-state index is -0.950. The summed E-state index contributed by atoms with van der Waals surface area (Å²) in [7, 11) is 0. The molecule has 0 aliphatic carbocycles. The van der Waals surface area contributed by atoms with E-state index in [9.17, 15) is 14.3 Å². The van der Waals surface area contributed by atoms with Gasteiger partial charge in [0.2, 0.25) is 0 Å². The van der Waals surface area contributed by atoms with Crippen molar-refractivity contribution in [3.8, 4) is 0 Å². The van der Waals surface area contributed by atoms with Crippen LogP contribution in [0.15, 0.2) is 29.2 Å². The molecule has 0 aliphatic rings. The fourth-order valence-corrected chi connectivity index (χ4v) is 3.23. The molecule has 5 heteroatoms. The van der Waals surface area contributed by atoms with Crippen LogP contribution in [0.25, 0.3) is 0 Å². The highest BCUT2D eigenvalue weighted by Gasteiger charge is 2.33. The molecular formula is C14H20FNO2S. The molecule has 0 saturated carbocycles. The van der Waals surface area contributed by atoms with Crippen molar-refractivity contribution in [1.82, 2.24) is 5.32 Å². The predicted molar refractivity (Wildman–Crippen MR) is 76.1 cm³/mol. The number of carbonyl (C=O) groups is 1. The van der Waals surface area contributed by atoms with E-state index in [2.05, 4.69) is 5.32 Å². The van der Waals surface area contributed by atoms with Gasteiger partial charge in [0.1, 0.15) is 11.4 Å². The second-order valence-electron chi connectivity index (χ2n) is 4.76. The van der Waals surface area contributed by atoms with Crippen molar-refractivity contribution in [2.24, 2.45) is 0 Å². The van der Waals surface area contributed by atoms with E-state index in [-0.39, 0.29) is 11.1 Å². The number of rotatable bonds is 7. The average molecular weight is 285 g/mol. The highest BCUT2D eigenvalue weighted by Crippen LogP contribution is 2.29. The number of thioether (sulfide) groups is 1. The molecule has 0 fully saturated rings. The molecule has 1 aromatic rings. The maximum Gasteiger partial charge on any atom is 0.323 e. The zero-order chi connectivity index (χ0) is 14.5. The number of halogens is 1. The number of aliphatic carboxylic acids is 1. The van der Waals surface area contributed by atoms with Crippen LogP contribution in [0.4, 0.5) is 4.39 Å². The molecule has 2 atom stereocenters. The van der Waals surface area contributed by atoms with E-state index < -0.39 is 11.5 Å². The second-order valence-corrected chi connectivity index (χ2v) is 6.27. The van der Waals surface area contributed by atoms with Gasteiger partial charge in [0.05, 0.1) is 0 Å². The van der Waals surface area contributed by atoms with Crippen molar-refractivity contribution in [3.05, 3.63) is 30.1 Å². The Balaban J connectivity index is 2.68. The number of likely N-dealkylation sites (N-methyl/N-ethyl adjacent to an activating group) is 1. The van der Waals surface area contributed by atoms with Crippen LogP contribution in [0.2, 0.25) is 0 Å². The van der Waals surface area contributed by atoms with Gasteiger partial charge in [0.25, 0.3) is 0 Å². The minimum absolute atomic E-state index is 0.0712. The molecule has 0 bridgehead atoms. The third-order valence-corrected chi connectivity index (χ3v) is 3.96. The SMILES string of the molecule is CCNC(C)(CC(C)Sc1cccc(F)c1)C(=O)O. The van der Waals surface area contributed by atoms with E-state index in [0.29, 0.717) is 13.0 Å². The van der Waals surface area contributed by atoms with Gasteiger partial charge in [-0.2, -0.15) is 0 Å². The molecule has 0 amide bonds. The van der Waals surface area contributed by atoms with Gasteiger partial charge in [-0.1, -0.05) is 19.9 Å². The van der Waals surface area contributed by atoms with Crippen molar-refractivity contribution in [1.29, 1.82) is 0 Å². The number of hydrogen-bond donors (Lipinski definition) is 2. The topological polar surface area (TPSA) is 49.3 Å². The van der Waals surface area contributed by atoms with Crippen LogP contribution in [0.1, 0.15) is 27.2 Å². The van der Waals surface area contributed by atoms with Crippen LogP contribution >= 0.6 is 11.8 Å². The molecule has 0 spiro atoms. The lowest BCUT2D eigenvalue weighted by Gasteiger charge is -2.28. The van der Waals surface area contributed by atoms with E-state index in [1.54, 1.807) is 13.0 Å². The standard InChI is InChI=1S/C14H20FNO2S/c1-4-16-14(3,13(17)18)9-10(2)19-12-7-5-6-11(15)8-12/h5-8,10,16H,4,9H2,1-3H3,(H,17,18). The summed E-state index contributed by atoms with van der Waals surface area (Å²) in [6, 6.07) is 6.35. The molecule has 3 nitrogen and oxygen atoms in total. The van der Waals surface area contributed by atoms with Crippen LogP contribution in [0, 0.1) is 5.82 Å². The fourth-order valence-electron chi connectivity index (χ4n) is 2.01. The average Bonchev–Trinajstić information content (AvgIpc) is 2.28. The van der Waals surface area contributed by atoms with Crippen molar-refractivity contribution >= 4 is 17.7 Å². The van der Waals surface area contributed by atoms with Gasteiger partial charge in [-0.3, -0.25) is 4.79 Å². The molecule has 0 saturated heterocycles. The lowest BCUT2D eigenvalue weighted by atomic mass is 9.96. The Labute approximate surface area is 117 Å². The van der Waals surface area contributed by atoms with E-state index in [1.807, 2.05) is 19.9 Å². The van der Waals surface area contributed by atoms with Crippen molar-refractivity contribution in [3.63, 3.8) is 0 Å². The first kappa shape index (κ1) is 16.0. The van der Waals surface area contributed by atoms with E-state index in [4.69, 9.17) is 0 Å². The summed E-state index contributed by atoms with van der Waals surface area (Å²) >= 11 is 1.48. The molecule has 106 valence electrons. The lowest BCUT2D eigenvalue weighted by Crippen LogP contribution is -2.50. The largest absolute Gasteiger partial charge is 0.480 e. The monoisotopic (exact) mass is 285 g/mol. The van der Waals surface area contributed by atoms with Gasteiger partial charge in [-0.05, 0) is 38.1 Å². The first-order valence-electron chi connectivity index (χ1n) is 6.28. The van der Waals surface area contributed by atoms with Gasteiger partial charge in [0.15, 0.2) is 0 Å². The Morgan fingerprint density at radius 3 is 2.79 bits per heavy atom. The Morgan fingerprint density at radius 2 is 2.26 bits per heavy atom. The molecule has 1 rings (SSSR count). The zero-order valence-electron chi connectivity index (χ0n) is 11.4. The highest BCUT2D eigenvalue weighted by atomic mass is 32.2. The number of nitrogens with one attached hydrogen (secondary N) is 1. The Bertz CT molecular complexity index is 441. The first-order valence-corrected chi connectivity index (χ1v) is 7.16. The summed E-state index contributed by atoms with van der Waals surface area (Å²) in [5, 5.41) is 12.4. The van der Waals surface area contributed by atoms with Crippen LogP contribution in [0.5, 0.6) is 0 Å². The van der Waals surface area contributed by atoms with Crippen LogP contribution in [-0.2, 0) is 4.79 Å². The van der Waals surface area contributed by atoms with Gasteiger partial charge in [0, 0.05) is 10.1 Å². The maximum atomic E-state index is 13.1. The third-order valence-electron chi connectivity index (χ3n) is 2.87. The van der Waals surface area contributed by atoms with Crippen LogP contribution in [0.3, 0.4) is 0 Å². The quantitative estimate of drug-likeness (QED) is 0.756. The van der Waals surface area contributed by atoms with Crippen molar-refractivity contribution in [2.75, 3.05) is 6.54 Å². The van der Waals surface area contributed by atoms with Crippen LogP contribution in [-0.4, -0.2) is 28.4 Å². The second kappa shape index (κ2) is 6.91. The zero-order valence-corrected chi connectivity index (χ0v) is 12.3. The first-order chi connectivity index (χ1) is 8.87. The summed E-state index contributed by atoms with van der Waals surface area (Å²) in [6.45, 7) is 6.11. The molecule has 0 radical (unpaired) electrons. The molecule has 2 unspecified atom stereocenters. The highest BCUT2D eigenvalue weighted by molar-refractivity contribution is 7.99. The Morgan fingerprint density at radius 1 is 1.58 bits per heavy atom. The maximum absolute atomic E-state index is 13.1. The van der Waals surface area contributed by atoms with Gasteiger partial charge >= 0.3 is 5.97 Å².